The third-order valence-electron chi connectivity index (χ3n) is 3.30. The van der Waals surface area contributed by atoms with Crippen LogP contribution >= 0.6 is 0 Å². The summed E-state index contributed by atoms with van der Waals surface area (Å²) in [7, 11) is 3.00. The van der Waals surface area contributed by atoms with Gasteiger partial charge >= 0.3 is 6.03 Å². The molecule has 7 heteroatoms. The lowest BCUT2D eigenvalue weighted by molar-refractivity contribution is 0.0372. The first-order chi connectivity index (χ1) is 11.0. The van der Waals surface area contributed by atoms with Crippen molar-refractivity contribution in [2.24, 2.45) is 0 Å². The fourth-order valence-corrected chi connectivity index (χ4v) is 2.08. The average molecular weight is 320 g/mol. The van der Waals surface area contributed by atoms with E-state index in [1.807, 2.05) is 0 Å². The maximum absolute atomic E-state index is 12.0. The monoisotopic (exact) mass is 320 g/mol. The molecule has 0 radical (unpaired) electrons. The predicted molar refractivity (Wildman–Crippen MR) is 84.8 cm³/mol. The molecule has 1 heterocycles. The number of benzene rings is 1. The molecule has 0 saturated carbocycles. The second kappa shape index (κ2) is 7.06. The first-order valence-electron chi connectivity index (χ1n) is 7.00. The van der Waals surface area contributed by atoms with E-state index < -0.39 is 11.6 Å². The van der Waals surface area contributed by atoms with Gasteiger partial charge in [0.1, 0.15) is 11.4 Å². The normalized spacial score (nSPS) is 13.0. The maximum Gasteiger partial charge on any atom is 0.319 e. The first kappa shape index (κ1) is 16.7. The van der Waals surface area contributed by atoms with E-state index in [9.17, 15) is 9.90 Å². The summed E-state index contributed by atoms with van der Waals surface area (Å²) < 4.78 is 15.6. The third-order valence-corrected chi connectivity index (χ3v) is 3.30. The molecule has 1 aromatic carbocycles. The van der Waals surface area contributed by atoms with Gasteiger partial charge in [-0.3, -0.25) is 0 Å². The van der Waals surface area contributed by atoms with Crippen LogP contribution in [-0.4, -0.2) is 31.9 Å². The number of methoxy groups -OCH3 is 2. The summed E-state index contributed by atoms with van der Waals surface area (Å²) in [6.45, 7) is 1.54. The Kier molecular flexibility index (Phi) is 5.13. The van der Waals surface area contributed by atoms with Crippen molar-refractivity contribution in [3.8, 4) is 11.5 Å². The zero-order valence-electron chi connectivity index (χ0n) is 13.3. The van der Waals surface area contributed by atoms with E-state index in [4.69, 9.17) is 13.9 Å². The topological polar surface area (TPSA) is 93.0 Å². The molecule has 1 atom stereocenters. The molecule has 0 unspecified atom stereocenters. The van der Waals surface area contributed by atoms with Crippen LogP contribution in [0.1, 0.15) is 12.7 Å². The molecule has 23 heavy (non-hydrogen) atoms. The van der Waals surface area contributed by atoms with E-state index in [-0.39, 0.29) is 6.54 Å². The highest BCUT2D eigenvalue weighted by Crippen LogP contribution is 2.34. The molecule has 0 saturated heterocycles. The molecular formula is C16H20N2O5. The van der Waals surface area contributed by atoms with Gasteiger partial charge in [-0.25, -0.2) is 4.79 Å². The zero-order chi connectivity index (χ0) is 16.9. The number of nitrogens with one attached hydrogen (secondary N) is 2. The number of aliphatic hydroxyl groups is 1. The summed E-state index contributed by atoms with van der Waals surface area (Å²) in [5, 5.41) is 15.5. The molecule has 124 valence electrons. The van der Waals surface area contributed by atoms with E-state index in [1.54, 1.807) is 37.3 Å². The molecular weight excluding hydrogens is 300 g/mol. The number of urea groups is 1. The van der Waals surface area contributed by atoms with Gasteiger partial charge in [0.2, 0.25) is 0 Å². The number of ether oxygens (including phenoxy) is 2. The molecule has 3 N–H and O–H groups in total. The fraction of sp³-hybridized carbons (Fsp3) is 0.312. The molecule has 0 spiro atoms. The lowest BCUT2D eigenvalue weighted by Crippen LogP contribution is -2.40. The van der Waals surface area contributed by atoms with E-state index >= 15 is 0 Å². The van der Waals surface area contributed by atoms with E-state index in [1.165, 1.54) is 20.5 Å². The molecule has 0 aliphatic heterocycles. The second-order valence-electron chi connectivity index (χ2n) is 5.10. The van der Waals surface area contributed by atoms with Crippen LogP contribution < -0.4 is 20.1 Å². The van der Waals surface area contributed by atoms with Gasteiger partial charge in [0.15, 0.2) is 11.5 Å². The Hall–Kier alpha value is -2.67. The predicted octanol–water partition coefficient (Wildman–Crippen LogP) is 2.33. The summed E-state index contributed by atoms with van der Waals surface area (Å²) in [5.74, 6) is 1.30. The van der Waals surface area contributed by atoms with Gasteiger partial charge in [-0.1, -0.05) is 6.07 Å². The number of para-hydroxylation sites is 1. The molecule has 2 rings (SSSR count). The van der Waals surface area contributed by atoms with Crippen molar-refractivity contribution >= 4 is 11.7 Å². The van der Waals surface area contributed by atoms with E-state index in [0.717, 1.165) is 0 Å². The molecule has 2 aromatic rings. The van der Waals surface area contributed by atoms with Gasteiger partial charge in [0.25, 0.3) is 0 Å². The quantitative estimate of drug-likeness (QED) is 0.759. The number of hydrogen-bond donors (Lipinski definition) is 3. The van der Waals surface area contributed by atoms with Crippen molar-refractivity contribution < 1.29 is 23.8 Å². The summed E-state index contributed by atoms with van der Waals surface area (Å²) in [6.07, 6.45) is 1.46. The van der Waals surface area contributed by atoms with Crippen molar-refractivity contribution in [2.45, 2.75) is 12.5 Å². The second-order valence-corrected chi connectivity index (χ2v) is 5.10. The Bertz CT molecular complexity index is 652. The van der Waals surface area contributed by atoms with Gasteiger partial charge in [-0.05, 0) is 31.2 Å². The number of carbonyl (C=O) groups excluding carboxylic acids is 1. The molecule has 0 bridgehead atoms. The number of furan rings is 1. The summed E-state index contributed by atoms with van der Waals surface area (Å²) in [5.41, 5.74) is -0.846. The lowest BCUT2D eigenvalue weighted by atomic mass is 10.0. The molecule has 0 aliphatic rings. The van der Waals surface area contributed by atoms with Crippen LogP contribution in [0.4, 0.5) is 10.5 Å². The molecule has 2 amide bonds. The summed E-state index contributed by atoms with van der Waals surface area (Å²) in [6, 6.07) is 7.98. The van der Waals surface area contributed by atoms with Crippen LogP contribution in [0.25, 0.3) is 0 Å². The van der Waals surface area contributed by atoms with Crippen LogP contribution in [0, 0.1) is 0 Å². The maximum atomic E-state index is 12.0. The average Bonchev–Trinajstić information content (AvgIpc) is 3.08. The first-order valence-corrected chi connectivity index (χ1v) is 7.00. The third kappa shape index (κ3) is 3.95. The Morgan fingerprint density at radius 3 is 2.65 bits per heavy atom. The minimum Gasteiger partial charge on any atom is -0.493 e. The number of anilines is 1. The van der Waals surface area contributed by atoms with Crippen LogP contribution in [0.3, 0.4) is 0 Å². The lowest BCUT2D eigenvalue weighted by Gasteiger charge is -2.21. The van der Waals surface area contributed by atoms with Crippen LogP contribution in [0.5, 0.6) is 11.5 Å². The van der Waals surface area contributed by atoms with Crippen LogP contribution in [0.15, 0.2) is 41.0 Å². The van der Waals surface area contributed by atoms with Gasteiger partial charge in [-0.2, -0.15) is 0 Å². The Labute approximate surface area is 134 Å². The number of rotatable bonds is 6. The van der Waals surface area contributed by atoms with Gasteiger partial charge in [0, 0.05) is 0 Å². The highest BCUT2D eigenvalue weighted by molar-refractivity contribution is 5.91. The molecule has 0 fully saturated rings. The van der Waals surface area contributed by atoms with Gasteiger partial charge < -0.3 is 29.6 Å². The minimum absolute atomic E-state index is 0.0152. The van der Waals surface area contributed by atoms with Crippen molar-refractivity contribution in [1.82, 2.24) is 5.32 Å². The van der Waals surface area contributed by atoms with Crippen LogP contribution in [-0.2, 0) is 5.60 Å². The van der Waals surface area contributed by atoms with Crippen molar-refractivity contribution in [2.75, 3.05) is 26.1 Å². The Morgan fingerprint density at radius 1 is 1.26 bits per heavy atom. The number of amides is 2. The SMILES string of the molecule is COc1cccc(NC(=O)NC[C@@](C)(O)c2ccco2)c1OC. The highest BCUT2D eigenvalue weighted by Gasteiger charge is 2.27. The Balaban J connectivity index is 2.00. The van der Waals surface area contributed by atoms with Crippen molar-refractivity contribution in [1.29, 1.82) is 0 Å². The molecule has 1 aromatic heterocycles. The Morgan fingerprint density at radius 2 is 2.04 bits per heavy atom. The van der Waals surface area contributed by atoms with Gasteiger partial charge in [0.05, 0.1) is 32.7 Å². The highest BCUT2D eigenvalue weighted by atomic mass is 16.5. The zero-order valence-corrected chi connectivity index (χ0v) is 13.3. The largest absolute Gasteiger partial charge is 0.493 e. The summed E-state index contributed by atoms with van der Waals surface area (Å²) in [4.78, 5) is 12.0. The van der Waals surface area contributed by atoms with Crippen molar-refractivity contribution in [3.05, 3.63) is 42.4 Å². The molecule has 7 nitrogen and oxygen atoms in total. The van der Waals surface area contributed by atoms with Crippen LogP contribution in [0.2, 0.25) is 0 Å². The fourth-order valence-electron chi connectivity index (χ4n) is 2.08. The number of carbonyl (C=O) groups is 1. The van der Waals surface area contributed by atoms with Crippen molar-refractivity contribution in [3.63, 3.8) is 0 Å². The standard InChI is InChI=1S/C16H20N2O5/c1-16(20,13-8-5-9-23-13)10-17-15(19)18-11-6-4-7-12(21-2)14(11)22-3/h4-9,20H,10H2,1-3H3,(H2,17,18,19)/t16-/m1/s1. The van der Waals surface area contributed by atoms with E-state index in [2.05, 4.69) is 10.6 Å². The smallest absolute Gasteiger partial charge is 0.319 e. The minimum atomic E-state index is -1.31. The van der Waals surface area contributed by atoms with Gasteiger partial charge in [-0.15, -0.1) is 0 Å². The van der Waals surface area contributed by atoms with E-state index in [0.29, 0.717) is 22.9 Å². The molecule has 0 aliphatic carbocycles. The number of hydrogen-bond acceptors (Lipinski definition) is 5. The summed E-state index contributed by atoms with van der Waals surface area (Å²) >= 11 is 0.